The van der Waals surface area contributed by atoms with Crippen molar-refractivity contribution in [2.75, 3.05) is 33.0 Å². The van der Waals surface area contributed by atoms with Crippen LogP contribution in [-0.4, -0.2) is 142 Å². The molecule has 2 aliphatic heterocycles. The number of rotatable bonds is 39. The van der Waals surface area contributed by atoms with Gasteiger partial charge in [-0.1, -0.05) is 144 Å². The molecule has 0 aromatic carbocycles. The zero-order valence-corrected chi connectivity index (χ0v) is 41.3. The third-order valence-corrected chi connectivity index (χ3v) is 11.6. The summed E-state index contributed by atoms with van der Waals surface area (Å²) >= 11 is 0. The number of ether oxygens (including phenoxy) is 6. The number of hydrogen-bond acceptors (Lipinski definition) is 14. The van der Waals surface area contributed by atoms with Crippen molar-refractivity contribution in [3.8, 4) is 0 Å². The van der Waals surface area contributed by atoms with Crippen molar-refractivity contribution < 1.29 is 69.0 Å². The summed E-state index contributed by atoms with van der Waals surface area (Å²) < 4.78 is 34.2. The van der Waals surface area contributed by atoms with Crippen molar-refractivity contribution in [1.82, 2.24) is 0 Å². The Labute approximate surface area is 408 Å². The Hall–Kier alpha value is -2.83. The molecular formula is C54H90O14. The number of esters is 1. The van der Waals surface area contributed by atoms with Gasteiger partial charge in [-0.15, -0.1) is 0 Å². The Kier molecular flexibility index (Phi) is 36.8. The predicted octanol–water partition coefficient (Wildman–Crippen LogP) is 7.68. The van der Waals surface area contributed by atoms with Gasteiger partial charge in [-0.25, -0.2) is 0 Å². The fraction of sp³-hybridized carbons (Fsp3) is 0.722. The zero-order chi connectivity index (χ0) is 49.5. The summed E-state index contributed by atoms with van der Waals surface area (Å²) in [5, 5.41) is 72.1. The van der Waals surface area contributed by atoms with Crippen LogP contribution in [0.2, 0.25) is 0 Å². The minimum absolute atomic E-state index is 0.0133. The third kappa shape index (κ3) is 28.1. The molecule has 0 amide bonds. The van der Waals surface area contributed by atoms with Crippen LogP contribution in [0.3, 0.4) is 0 Å². The summed E-state index contributed by atoms with van der Waals surface area (Å²) in [6, 6.07) is 0. The van der Waals surface area contributed by atoms with E-state index in [2.05, 4.69) is 98.9 Å². The quantitative estimate of drug-likeness (QED) is 0.0179. The first kappa shape index (κ1) is 61.3. The van der Waals surface area contributed by atoms with Gasteiger partial charge in [0.15, 0.2) is 12.6 Å². The summed E-state index contributed by atoms with van der Waals surface area (Å²) in [6.07, 6.45) is 35.1. The maximum atomic E-state index is 13.0. The summed E-state index contributed by atoms with van der Waals surface area (Å²) in [5.74, 6) is -0.409. The van der Waals surface area contributed by atoms with E-state index >= 15 is 0 Å². The number of carbonyl (C=O) groups is 1. The second-order valence-corrected chi connectivity index (χ2v) is 17.6. The predicted molar refractivity (Wildman–Crippen MR) is 265 cm³/mol. The van der Waals surface area contributed by atoms with Gasteiger partial charge in [-0.05, 0) is 83.5 Å². The molecule has 14 nitrogen and oxygen atoms in total. The highest BCUT2D eigenvalue weighted by Crippen LogP contribution is 2.26. The van der Waals surface area contributed by atoms with Gasteiger partial charge in [0.1, 0.15) is 54.9 Å². The molecule has 0 saturated carbocycles. The van der Waals surface area contributed by atoms with Crippen LogP contribution in [0.25, 0.3) is 0 Å². The SMILES string of the molecule is CC/C=C\C/C=C\C/C=C\C/C=C\C/C=C\C/C=C\CCCOCC(COC1OC(COC2OC(CO)C(O)C(O)C2O)C(O)C(O)C1O)OC(=O)CCCCCCC/C=C\CCCCCCC. The van der Waals surface area contributed by atoms with E-state index in [1.54, 1.807) is 0 Å². The molecule has 14 heteroatoms. The van der Waals surface area contributed by atoms with Gasteiger partial charge in [-0.3, -0.25) is 4.79 Å². The topological polar surface area (TPSA) is 214 Å². The number of aliphatic hydroxyl groups excluding tert-OH is 7. The van der Waals surface area contributed by atoms with Crippen LogP contribution in [-0.2, 0) is 33.2 Å². The van der Waals surface area contributed by atoms with Gasteiger partial charge in [0.05, 0.1) is 26.4 Å². The third-order valence-electron chi connectivity index (χ3n) is 11.6. The molecule has 2 aliphatic rings. The first-order valence-electron chi connectivity index (χ1n) is 25.7. The highest BCUT2D eigenvalue weighted by Gasteiger charge is 2.47. The summed E-state index contributed by atoms with van der Waals surface area (Å²) in [7, 11) is 0. The van der Waals surface area contributed by atoms with Crippen molar-refractivity contribution in [2.24, 2.45) is 0 Å². The Morgan fingerprint density at radius 2 is 0.956 bits per heavy atom. The van der Waals surface area contributed by atoms with E-state index in [4.69, 9.17) is 28.4 Å². The van der Waals surface area contributed by atoms with Crippen LogP contribution in [0.4, 0.5) is 0 Å². The number of aliphatic hydroxyl groups is 7. The van der Waals surface area contributed by atoms with Crippen LogP contribution < -0.4 is 0 Å². The lowest BCUT2D eigenvalue weighted by Crippen LogP contribution is -2.61. The molecule has 0 spiro atoms. The van der Waals surface area contributed by atoms with Crippen LogP contribution in [0.1, 0.15) is 149 Å². The molecule has 0 aromatic rings. The maximum Gasteiger partial charge on any atom is 0.306 e. The molecule has 390 valence electrons. The number of carbonyl (C=O) groups excluding carboxylic acids is 1. The Morgan fingerprint density at radius 1 is 0.500 bits per heavy atom. The molecule has 2 saturated heterocycles. The Morgan fingerprint density at radius 3 is 1.51 bits per heavy atom. The minimum atomic E-state index is -1.72. The molecule has 0 radical (unpaired) electrons. The van der Waals surface area contributed by atoms with E-state index in [1.807, 2.05) is 0 Å². The zero-order valence-electron chi connectivity index (χ0n) is 41.3. The number of allylic oxidation sites excluding steroid dienone is 14. The van der Waals surface area contributed by atoms with Crippen LogP contribution in [0, 0.1) is 0 Å². The Balaban J connectivity index is 1.81. The minimum Gasteiger partial charge on any atom is -0.457 e. The fourth-order valence-electron chi connectivity index (χ4n) is 7.47. The fourth-order valence-corrected chi connectivity index (χ4v) is 7.47. The van der Waals surface area contributed by atoms with Crippen molar-refractivity contribution in [3.63, 3.8) is 0 Å². The van der Waals surface area contributed by atoms with Crippen molar-refractivity contribution >= 4 is 5.97 Å². The van der Waals surface area contributed by atoms with Crippen molar-refractivity contribution in [3.05, 3.63) is 85.1 Å². The van der Waals surface area contributed by atoms with Crippen molar-refractivity contribution in [2.45, 2.75) is 216 Å². The van der Waals surface area contributed by atoms with E-state index in [0.29, 0.717) is 13.0 Å². The molecule has 7 N–H and O–H groups in total. The van der Waals surface area contributed by atoms with E-state index < -0.39 is 86.7 Å². The second kappa shape index (κ2) is 40.9. The van der Waals surface area contributed by atoms with E-state index in [1.165, 1.54) is 32.1 Å². The van der Waals surface area contributed by atoms with Crippen LogP contribution in [0.5, 0.6) is 0 Å². The monoisotopic (exact) mass is 963 g/mol. The average molecular weight is 963 g/mol. The lowest BCUT2D eigenvalue weighted by molar-refractivity contribution is -0.332. The first-order chi connectivity index (χ1) is 33.1. The van der Waals surface area contributed by atoms with E-state index in [9.17, 15) is 40.5 Å². The molecule has 0 aromatic heterocycles. The van der Waals surface area contributed by atoms with Gasteiger partial charge in [0.25, 0.3) is 0 Å². The van der Waals surface area contributed by atoms with Gasteiger partial charge in [0, 0.05) is 13.0 Å². The molecule has 0 bridgehead atoms. The molecule has 11 unspecified atom stereocenters. The molecule has 68 heavy (non-hydrogen) atoms. The second-order valence-electron chi connectivity index (χ2n) is 17.6. The Bertz CT molecular complexity index is 1440. The lowest BCUT2D eigenvalue weighted by atomic mass is 9.98. The first-order valence-corrected chi connectivity index (χ1v) is 25.7. The highest BCUT2D eigenvalue weighted by molar-refractivity contribution is 5.69. The average Bonchev–Trinajstić information content (AvgIpc) is 3.33. The summed E-state index contributed by atoms with van der Waals surface area (Å²) in [5.41, 5.74) is 0. The number of unbranched alkanes of at least 4 members (excludes halogenated alkanes) is 11. The molecule has 0 aliphatic carbocycles. The van der Waals surface area contributed by atoms with Gasteiger partial charge in [-0.2, -0.15) is 0 Å². The summed E-state index contributed by atoms with van der Waals surface area (Å²) in [4.78, 5) is 13.0. The van der Waals surface area contributed by atoms with Crippen molar-refractivity contribution in [1.29, 1.82) is 0 Å². The molecule has 2 heterocycles. The van der Waals surface area contributed by atoms with Gasteiger partial charge in [0.2, 0.25) is 0 Å². The standard InChI is InChI=1S/C54H90O14/c1-3-5-7-9-11-13-15-17-19-20-21-22-23-24-26-28-30-32-34-36-38-63-40-43(66-46(56)37-35-33-31-29-27-25-18-16-14-12-10-8-6-4-2)41-64-53-52(62)50(60)48(58)45(68-53)42-65-54-51(61)49(59)47(57)44(39-55)67-54/h5,7,11,13,16-19,21-22,24,26,30,32,43-45,47-55,57-62H,3-4,6,8-10,12,14-15,20,23,25,27-29,31,33-42H2,1-2H3/b7-5-,13-11-,18-16-,19-17-,22-21-,26-24-,32-30-. The maximum absolute atomic E-state index is 13.0. The molecular weight excluding hydrogens is 873 g/mol. The number of hydrogen-bond donors (Lipinski definition) is 7. The summed E-state index contributed by atoms with van der Waals surface area (Å²) in [6.45, 7) is 3.37. The van der Waals surface area contributed by atoms with E-state index in [-0.39, 0.29) is 19.6 Å². The lowest BCUT2D eigenvalue weighted by Gasteiger charge is -2.42. The largest absolute Gasteiger partial charge is 0.457 e. The molecule has 2 fully saturated rings. The smallest absolute Gasteiger partial charge is 0.306 e. The highest BCUT2D eigenvalue weighted by atomic mass is 16.7. The normalized spacial score (nSPS) is 26.6. The van der Waals surface area contributed by atoms with Gasteiger partial charge < -0.3 is 64.2 Å². The van der Waals surface area contributed by atoms with Crippen LogP contribution >= 0.6 is 0 Å². The molecule has 11 atom stereocenters. The van der Waals surface area contributed by atoms with Gasteiger partial charge >= 0.3 is 5.97 Å². The molecule has 2 rings (SSSR count). The van der Waals surface area contributed by atoms with E-state index in [0.717, 1.165) is 89.9 Å². The van der Waals surface area contributed by atoms with Crippen LogP contribution in [0.15, 0.2) is 85.1 Å².